The number of benzene rings is 4. The van der Waals surface area contributed by atoms with Crippen LogP contribution in [-0.4, -0.2) is 16.7 Å². The molecule has 0 aromatic heterocycles. The second kappa shape index (κ2) is 12.8. The summed E-state index contributed by atoms with van der Waals surface area (Å²) in [5, 5.41) is 14.8. The van der Waals surface area contributed by atoms with Gasteiger partial charge in [0.15, 0.2) is 0 Å². The molecular weight excluding hydrogens is 532 g/mol. The Kier molecular flexibility index (Phi) is 9.59. The van der Waals surface area contributed by atoms with Gasteiger partial charge in [-0.2, -0.15) is 0 Å². The highest BCUT2D eigenvalue weighted by atomic mass is 16.6. The second-order valence-electron chi connectivity index (χ2n) is 13.7. The normalized spacial score (nSPS) is 14.8. The van der Waals surface area contributed by atoms with Gasteiger partial charge in [0.2, 0.25) is 0 Å². The van der Waals surface area contributed by atoms with E-state index in [2.05, 4.69) is 74.5 Å². The van der Waals surface area contributed by atoms with Gasteiger partial charge < -0.3 is 14.6 Å². The van der Waals surface area contributed by atoms with Crippen molar-refractivity contribution in [3.05, 3.63) is 102 Å². The van der Waals surface area contributed by atoms with Gasteiger partial charge in [-0.05, 0) is 118 Å². The molecule has 4 aromatic rings. The molecule has 43 heavy (non-hydrogen) atoms. The van der Waals surface area contributed by atoms with Crippen molar-refractivity contribution in [3.8, 4) is 5.75 Å². The maximum atomic E-state index is 13.3. The highest BCUT2D eigenvalue weighted by molar-refractivity contribution is 6.02. The average molecular weight is 581 g/mol. The standard InChI is InChI=1S/C39H48O4/c1-9-35(42-26-34-32-17-13-11-15-28(32)23-29-16-12-14-18-33(29)34)39(8,10-2)25-30(27-19-21-31(40)22-20-27)24-38(6,7)36(41)43-37(3,4)5/h9,11-23,30,40H,10,24-26H2,1-8H3/b35-9+. The van der Waals surface area contributed by atoms with Crippen LogP contribution in [0.5, 0.6) is 5.75 Å². The number of carbonyl (C=O) groups is 1. The lowest BCUT2D eigenvalue weighted by atomic mass is 9.70. The number of phenolic OH excluding ortho intramolecular Hbond substituents is 1. The van der Waals surface area contributed by atoms with Crippen molar-refractivity contribution in [2.24, 2.45) is 10.8 Å². The van der Waals surface area contributed by atoms with Crippen molar-refractivity contribution in [2.75, 3.05) is 0 Å². The number of esters is 1. The van der Waals surface area contributed by atoms with E-state index in [0.29, 0.717) is 13.0 Å². The van der Waals surface area contributed by atoms with E-state index in [9.17, 15) is 9.90 Å². The molecule has 4 rings (SSSR count). The Hall–Kier alpha value is -3.79. The van der Waals surface area contributed by atoms with E-state index in [1.165, 1.54) is 27.1 Å². The number of phenols is 1. The minimum Gasteiger partial charge on any atom is -0.508 e. The van der Waals surface area contributed by atoms with E-state index in [4.69, 9.17) is 9.47 Å². The molecule has 2 atom stereocenters. The lowest BCUT2D eigenvalue weighted by Crippen LogP contribution is -2.35. The van der Waals surface area contributed by atoms with Crippen LogP contribution in [0, 0.1) is 10.8 Å². The van der Waals surface area contributed by atoms with Crippen molar-refractivity contribution < 1.29 is 19.4 Å². The monoisotopic (exact) mass is 580 g/mol. The first-order chi connectivity index (χ1) is 20.3. The summed E-state index contributed by atoms with van der Waals surface area (Å²) in [7, 11) is 0. The Morgan fingerprint density at radius 2 is 1.40 bits per heavy atom. The van der Waals surface area contributed by atoms with Crippen molar-refractivity contribution in [3.63, 3.8) is 0 Å². The minimum atomic E-state index is -0.705. The average Bonchev–Trinajstić information content (AvgIpc) is 2.96. The van der Waals surface area contributed by atoms with Gasteiger partial charge >= 0.3 is 5.97 Å². The number of aromatic hydroxyl groups is 1. The molecule has 0 saturated heterocycles. The molecule has 0 fully saturated rings. The third-order valence-electron chi connectivity index (χ3n) is 8.66. The molecular formula is C39H48O4. The number of allylic oxidation sites excluding steroid dienone is 2. The third kappa shape index (κ3) is 7.60. The molecule has 0 bridgehead atoms. The summed E-state index contributed by atoms with van der Waals surface area (Å²) >= 11 is 0. The van der Waals surface area contributed by atoms with Crippen LogP contribution in [0.15, 0.2) is 90.7 Å². The van der Waals surface area contributed by atoms with Crippen molar-refractivity contribution in [2.45, 2.75) is 92.8 Å². The van der Waals surface area contributed by atoms with Crippen molar-refractivity contribution in [1.82, 2.24) is 0 Å². The Morgan fingerprint density at radius 3 is 1.91 bits per heavy atom. The maximum Gasteiger partial charge on any atom is 0.312 e. The van der Waals surface area contributed by atoms with Crippen LogP contribution in [0.3, 0.4) is 0 Å². The summed E-state index contributed by atoms with van der Waals surface area (Å²) in [4.78, 5) is 13.3. The summed E-state index contributed by atoms with van der Waals surface area (Å²) in [5.74, 6) is 1.01. The molecule has 4 aromatic carbocycles. The summed E-state index contributed by atoms with van der Waals surface area (Å²) in [6.07, 6.45) is 4.35. The Morgan fingerprint density at radius 1 is 0.837 bits per heavy atom. The lowest BCUT2D eigenvalue weighted by molar-refractivity contribution is -0.166. The van der Waals surface area contributed by atoms with Crippen LogP contribution < -0.4 is 0 Å². The van der Waals surface area contributed by atoms with Gasteiger partial charge in [0.25, 0.3) is 0 Å². The number of carbonyl (C=O) groups excluding carboxylic acids is 1. The maximum absolute atomic E-state index is 13.3. The molecule has 0 aliphatic heterocycles. The molecule has 0 heterocycles. The van der Waals surface area contributed by atoms with Gasteiger partial charge in [0.05, 0.1) is 11.2 Å². The molecule has 1 N–H and O–H groups in total. The van der Waals surface area contributed by atoms with Crippen molar-refractivity contribution in [1.29, 1.82) is 0 Å². The Balaban J connectivity index is 1.66. The fraction of sp³-hybridized carbons (Fsp3) is 0.410. The topological polar surface area (TPSA) is 55.8 Å². The first-order valence-corrected chi connectivity index (χ1v) is 15.5. The van der Waals surface area contributed by atoms with E-state index in [1.54, 1.807) is 12.1 Å². The van der Waals surface area contributed by atoms with Gasteiger partial charge in [-0.25, -0.2) is 0 Å². The van der Waals surface area contributed by atoms with E-state index in [-0.39, 0.29) is 23.1 Å². The van der Waals surface area contributed by atoms with Gasteiger partial charge in [-0.3, -0.25) is 4.79 Å². The van der Waals surface area contributed by atoms with Crippen LogP contribution >= 0.6 is 0 Å². The Bertz CT molecular complexity index is 1540. The third-order valence-corrected chi connectivity index (χ3v) is 8.66. The number of ether oxygens (including phenoxy) is 2. The fourth-order valence-electron chi connectivity index (χ4n) is 6.15. The van der Waals surface area contributed by atoms with Gasteiger partial charge in [-0.15, -0.1) is 0 Å². The molecule has 0 saturated carbocycles. The number of rotatable bonds is 11. The van der Waals surface area contributed by atoms with Crippen LogP contribution in [-0.2, 0) is 20.9 Å². The van der Waals surface area contributed by atoms with E-state index in [0.717, 1.165) is 24.2 Å². The molecule has 0 aliphatic rings. The smallest absolute Gasteiger partial charge is 0.312 e. The highest BCUT2D eigenvalue weighted by Gasteiger charge is 2.39. The second-order valence-corrected chi connectivity index (χ2v) is 13.7. The molecule has 4 heteroatoms. The summed E-state index contributed by atoms with van der Waals surface area (Å²) in [6, 6.07) is 26.6. The van der Waals surface area contributed by atoms with Crippen LogP contribution in [0.25, 0.3) is 21.5 Å². The zero-order chi connectivity index (χ0) is 31.4. The highest BCUT2D eigenvalue weighted by Crippen LogP contribution is 2.46. The van der Waals surface area contributed by atoms with Crippen molar-refractivity contribution >= 4 is 27.5 Å². The molecule has 4 nitrogen and oxygen atoms in total. The molecule has 2 unspecified atom stereocenters. The molecule has 0 aliphatic carbocycles. The first kappa shape index (κ1) is 32.1. The quantitative estimate of drug-likeness (QED) is 0.109. The minimum absolute atomic E-state index is 0.0324. The largest absolute Gasteiger partial charge is 0.508 e. The molecule has 0 amide bonds. The van der Waals surface area contributed by atoms with Gasteiger partial charge in [-0.1, -0.05) is 74.5 Å². The Labute approximate surface area is 257 Å². The zero-order valence-corrected chi connectivity index (χ0v) is 27.2. The van der Waals surface area contributed by atoms with Crippen LogP contribution in [0.2, 0.25) is 0 Å². The van der Waals surface area contributed by atoms with E-state index < -0.39 is 11.0 Å². The summed E-state index contributed by atoms with van der Waals surface area (Å²) in [5.41, 5.74) is 0.723. The molecule has 228 valence electrons. The lowest BCUT2D eigenvalue weighted by Gasteiger charge is -2.38. The number of hydrogen-bond acceptors (Lipinski definition) is 4. The summed E-state index contributed by atoms with van der Waals surface area (Å²) in [6.45, 7) is 16.6. The SMILES string of the molecule is C/C=C(/OCc1c2ccccc2cc2ccccc12)C(C)(CC)CC(CC(C)(C)C(=O)OC(C)(C)C)c1ccc(O)cc1. The van der Waals surface area contributed by atoms with Gasteiger partial charge in [0.1, 0.15) is 18.0 Å². The molecule has 0 spiro atoms. The summed E-state index contributed by atoms with van der Waals surface area (Å²) < 4.78 is 12.6. The predicted octanol–water partition coefficient (Wildman–Crippen LogP) is 10.5. The van der Waals surface area contributed by atoms with Gasteiger partial charge in [0, 0.05) is 11.0 Å². The predicted molar refractivity (Wildman–Crippen MR) is 178 cm³/mol. The fourth-order valence-corrected chi connectivity index (χ4v) is 6.15. The molecule has 0 radical (unpaired) electrons. The van der Waals surface area contributed by atoms with E-state index in [1.807, 2.05) is 53.7 Å². The van der Waals surface area contributed by atoms with Crippen LogP contribution in [0.1, 0.15) is 91.7 Å². The van der Waals surface area contributed by atoms with Crippen LogP contribution in [0.4, 0.5) is 0 Å². The zero-order valence-electron chi connectivity index (χ0n) is 27.2. The number of hydrogen-bond donors (Lipinski definition) is 1. The number of fused-ring (bicyclic) bond motifs is 2. The first-order valence-electron chi connectivity index (χ1n) is 15.5. The van der Waals surface area contributed by atoms with E-state index >= 15 is 0 Å².